The number of Topliss-reactive ketones (excluding diaryl/α,β-unsaturated/α-hetero) is 1. The molecule has 1 aromatic heterocycles. The number of esters is 1. The van der Waals surface area contributed by atoms with Gasteiger partial charge in [0.2, 0.25) is 11.5 Å². The monoisotopic (exact) mass is 474 g/mol. The third-order valence-electron chi connectivity index (χ3n) is 5.03. The van der Waals surface area contributed by atoms with Crippen LogP contribution in [0, 0.1) is 6.92 Å². The SMILES string of the molecule is Cc1c(OC(=O)c2cc3ccccc3o2)ccc2c1O/C(=C\c1ccc(Br)cc1)C2=O. The molecule has 1 aliphatic heterocycles. The summed E-state index contributed by atoms with van der Waals surface area (Å²) < 4.78 is 17.9. The number of hydrogen-bond donors (Lipinski definition) is 0. The highest BCUT2D eigenvalue weighted by Gasteiger charge is 2.30. The number of benzene rings is 3. The Morgan fingerprint density at radius 2 is 1.81 bits per heavy atom. The second-order valence-electron chi connectivity index (χ2n) is 7.09. The van der Waals surface area contributed by atoms with Crippen molar-refractivity contribution in [3.8, 4) is 11.5 Å². The lowest BCUT2D eigenvalue weighted by molar-refractivity contribution is 0.0702. The average Bonchev–Trinajstić information content (AvgIpc) is 3.34. The predicted octanol–water partition coefficient (Wildman–Crippen LogP) is 6.34. The molecular weight excluding hydrogens is 460 g/mol. The van der Waals surface area contributed by atoms with Crippen molar-refractivity contribution in [3.05, 3.63) is 99.4 Å². The van der Waals surface area contributed by atoms with E-state index in [0.717, 1.165) is 15.4 Å². The number of para-hydroxylation sites is 1. The highest BCUT2D eigenvalue weighted by molar-refractivity contribution is 9.10. The van der Waals surface area contributed by atoms with Crippen LogP contribution >= 0.6 is 15.9 Å². The van der Waals surface area contributed by atoms with E-state index in [1.54, 1.807) is 37.3 Å². The fraction of sp³-hybridized carbons (Fsp3) is 0.0400. The molecule has 0 saturated heterocycles. The summed E-state index contributed by atoms with van der Waals surface area (Å²) in [6, 6.07) is 19.7. The zero-order valence-electron chi connectivity index (χ0n) is 16.3. The first-order valence-electron chi connectivity index (χ1n) is 9.54. The van der Waals surface area contributed by atoms with Gasteiger partial charge in [-0.25, -0.2) is 4.79 Å². The number of carbonyl (C=O) groups excluding carboxylic acids is 2. The summed E-state index contributed by atoms with van der Waals surface area (Å²) in [4.78, 5) is 25.3. The molecule has 152 valence electrons. The molecule has 5 rings (SSSR count). The number of furan rings is 1. The van der Waals surface area contributed by atoms with Crippen LogP contribution in [0.15, 0.2) is 81.4 Å². The van der Waals surface area contributed by atoms with Gasteiger partial charge in [-0.3, -0.25) is 4.79 Å². The van der Waals surface area contributed by atoms with Crippen LogP contribution in [0.3, 0.4) is 0 Å². The minimum absolute atomic E-state index is 0.105. The lowest BCUT2D eigenvalue weighted by Crippen LogP contribution is -2.08. The normalized spacial score (nSPS) is 14.0. The number of ether oxygens (including phenoxy) is 2. The van der Waals surface area contributed by atoms with Gasteiger partial charge >= 0.3 is 5.97 Å². The van der Waals surface area contributed by atoms with E-state index in [9.17, 15) is 9.59 Å². The van der Waals surface area contributed by atoms with Gasteiger partial charge in [0.1, 0.15) is 17.1 Å². The summed E-state index contributed by atoms with van der Waals surface area (Å²) in [5, 5.41) is 0.816. The number of halogens is 1. The van der Waals surface area contributed by atoms with E-state index in [1.807, 2.05) is 42.5 Å². The third kappa shape index (κ3) is 3.55. The van der Waals surface area contributed by atoms with Crippen LogP contribution in [0.5, 0.6) is 11.5 Å². The first kappa shape index (κ1) is 19.3. The minimum atomic E-state index is -0.616. The first-order chi connectivity index (χ1) is 15.0. The number of rotatable bonds is 3. The Balaban J connectivity index is 1.42. The van der Waals surface area contributed by atoms with E-state index < -0.39 is 5.97 Å². The van der Waals surface area contributed by atoms with Crippen LogP contribution in [0.25, 0.3) is 17.0 Å². The largest absolute Gasteiger partial charge is 0.452 e. The van der Waals surface area contributed by atoms with Crippen molar-refractivity contribution in [1.82, 2.24) is 0 Å². The molecular formula is C25H15BrO5. The quantitative estimate of drug-likeness (QED) is 0.197. The van der Waals surface area contributed by atoms with Gasteiger partial charge < -0.3 is 13.9 Å². The molecule has 5 nitrogen and oxygen atoms in total. The molecule has 0 N–H and O–H groups in total. The maximum atomic E-state index is 12.7. The Kier molecular flexibility index (Phi) is 4.71. The molecule has 0 saturated carbocycles. The molecule has 0 radical (unpaired) electrons. The number of hydrogen-bond acceptors (Lipinski definition) is 5. The molecule has 0 atom stereocenters. The summed E-state index contributed by atoms with van der Waals surface area (Å²) in [7, 11) is 0. The molecule has 2 heterocycles. The Morgan fingerprint density at radius 1 is 1.03 bits per heavy atom. The van der Waals surface area contributed by atoms with Crippen molar-refractivity contribution in [2.45, 2.75) is 6.92 Å². The van der Waals surface area contributed by atoms with E-state index in [4.69, 9.17) is 13.9 Å². The molecule has 1 aliphatic rings. The molecule has 0 unspecified atom stereocenters. The minimum Gasteiger partial charge on any atom is -0.452 e. The second kappa shape index (κ2) is 7.56. The van der Waals surface area contributed by atoms with Crippen LogP contribution in [0.2, 0.25) is 0 Å². The predicted molar refractivity (Wildman–Crippen MR) is 119 cm³/mol. The van der Waals surface area contributed by atoms with Crippen molar-refractivity contribution in [1.29, 1.82) is 0 Å². The highest BCUT2D eigenvalue weighted by atomic mass is 79.9. The number of ketones is 1. The molecule has 3 aromatic carbocycles. The Morgan fingerprint density at radius 3 is 2.58 bits per heavy atom. The lowest BCUT2D eigenvalue weighted by atomic mass is 10.1. The summed E-state index contributed by atoms with van der Waals surface area (Å²) >= 11 is 3.39. The maximum absolute atomic E-state index is 12.7. The number of carbonyl (C=O) groups is 2. The zero-order chi connectivity index (χ0) is 21.5. The van der Waals surface area contributed by atoms with Crippen LogP contribution in [-0.4, -0.2) is 11.8 Å². The van der Waals surface area contributed by atoms with Gasteiger partial charge in [-0.15, -0.1) is 0 Å². The number of allylic oxidation sites excluding steroid dienone is 1. The van der Waals surface area contributed by atoms with E-state index in [2.05, 4.69) is 15.9 Å². The Labute approximate surface area is 186 Å². The molecule has 0 spiro atoms. The molecule has 4 aromatic rings. The van der Waals surface area contributed by atoms with Crippen LogP contribution in [0.4, 0.5) is 0 Å². The van der Waals surface area contributed by atoms with E-state index >= 15 is 0 Å². The zero-order valence-corrected chi connectivity index (χ0v) is 17.9. The van der Waals surface area contributed by atoms with Gasteiger partial charge in [-0.1, -0.05) is 46.3 Å². The van der Waals surface area contributed by atoms with Gasteiger partial charge in [-0.2, -0.15) is 0 Å². The molecule has 0 aliphatic carbocycles. The smallest absolute Gasteiger partial charge is 0.379 e. The lowest BCUT2D eigenvalue weighted by Gasteiger charge is -2.09. The van der Waals surface area contributed by atoms with E-state index in [1.165, 1.54) is 0 Å². The van der Waals surface area contributed by atoms with Crippen LogP contribution < -0.4 is 9.47 Å². The van der Waals surface area contributed by atoms with E-state index in [0.29, 0.717) is 28.2 Å². The summed E-state index contributed by atoms with van der Waals surface area (Å²) in [6.45, 7) is 1.75. The maximum Gasteiger partial charge on any atom is 0.379 e. The van der Waals surface area contributed by atoms with Crippen molar-refractivity contribution in [2.75, 3.05) is 0 Å². The van der Waals surface area contributed by atoms with Crippen molar-refractivity contribution in [3.63, 3.8) is 0 Å². The average molecular weight is 475 g/mol. The van der Waals surface area contributed by atoms with Crippen molar-refractivity contribution >= 4 is 44.7 Å². The molecule has 6 heteroatoms. The third-order valence-corrected chi connectivity index (χ3v) is 5.56. The molecule has 31 heavy (non-hydrogen) atoms. The molecule has 0 amide bonds. The van der Waals surface area contributed by atoms with Gasteiger partial charge in [0, 0.05) is 15.4 Å². The molecule has 0 bridgehead atoms. The molecule has 0 fully saturated rings. The van der Waals surface area contributed by atoms with Gasteiger partial charge in [0.25, 0.3) is 0 Å². The summed E-state index contributed by atoms with van der Waals surface area (Å²) in [6.07, 6.45) is 1.69. The fourth-order valence-electron chi connectivity index (χ4n) is 3.42. The summed E-state index contributed by atoms with van der Waals surface area (Å²) in [5.74, 6) is 0.200. The highest BCUT2D eigenvalue weighted by Crippen LogP contribution is 2.39. The Hall–Kier alpha value is -3.64. The fourth-order valence-corrected chi connectivity index (χ4v) is 3.69. The van der Waals surface area contributed by atoms with Gasteiger partial charge in [-0.05, 0) is 55.0 Å². The van der Waals surface area contributed by atoms with Gasteiger partial charge in [0.05, 0.1) is 5.56 Å². The van der Waals surface area contributed by atoms with Crippen molar-refractivity contribution < 1.29 is 23.5 Å². The van der Waals surface area contributed by atoms with Gasteiger partial charge in [0.15, 0.2) is 5.76 Å². The first-order valence-corrected chi connectivity index (χ1v) is 10.3. The second-order valence-corrected chi connectivity index (χ2v) is 8.01. The van der Waals surface area contributed by atoms with E-state index in [-0.39, 0.29) is 17.3 Å². The van der Waals surface area contributed by atoms with Crippen LogP contribution in [-0.2, 0) is 0 Å². The standard InChI is InChI=1S/C25H15BrO5/c1-14-19(31-25(28)22-13-16-4-2-3-5-20(16)29-22)11-10-18-23(27)21(30-24(14)18)12-15-6-8-17(26)9-7-15/h2-13H,1H3/b21-12-. The van der Waals surface area contributed by atoms with Crippen LogP contribution in [0.1, 0.15) is 32.0 Å². The summed E-state index contributed by atoms with van der Waals surface area (Å²) in [5.41, 5.74) is 2.45. The van der Waals surface area contributed by atoms with Crippen molar-refractivity contribution in [2.24, 2.45) is 0 Å². The number of fused-ring (bicyclic) bond motifs is 2. The topological polar surface area (TPSA) is 65.7 Å². The Bertz CT molecular complexity index is 1350.